The standard InChI is InChI=1S/C7H8F2N2O.C2H6/c1-12-7-5(8)2-4(11-10)3-6(7)9;1-2/h2-3,11H,10H2,1H3;1-2H3. The van der Waals surface area contributed by atoms with E-state index in [1.54, 1.807) is 0 Å². The number of ether oxygens (including phenoxy) is 1. The maximum atomic E-state index is 12.8. The first kappa shape index (κ1) is 12.6. The van der Waals surface area contributed by atoms with E-state index in [9.17, 15) is 8.78 Å². The molecular formula is C9H14F2N2O. The zero-order valence-corrected chi connectivity index (χ0v) is 8.40. The molecule has 1 rings (SSSR count). The van der Waals surface area contributed by atoms with Crippen LogP contribution in [0.15, 0.2) is 12.1 Å². The first-order valence-corrected chi connectivity index (χ1v) is 4.18. The Bertz CT molecular complexity index is 269. The molecule has 3 N–H and O–H groups in total. The number of methoxy groups -OCH3 is 1. The van der Waals surface area contributed by atoms with E-state index >= 15 is 0 Å². The van der Waals surface area contributed by atoms with Gasteiger partial charge in [0.25, 0.3) is 0 Å². The lowest BCUT2D eigenvalue weighted by Crippen LogP contribution is -2.07. The first-order valence-electron chi connectivity index (χ1n) is 4.18. The molecule has 1 aromatic rings. The van der Waals surface area contributed by atoms with Crippen LogP contribution in [-0.4, -0.2) is 7.11 Å². The molecule has 5 heteroatoms. The van der Waals surface area contributed by atoms with Crippen molar-refractivity contribution >= 4 is 5.69 Å². The highest BCUT2D eigenvalue weighted by Crippen LogP contribution is 2.24. The van der Waals surface area contributed by atoms with E-state index in [-0.39, 0.29) is 5.69 Å². The maximum Gasteiger partial charge on any atom is 0.190 e. The largest absolute Gasteiger partial charge is 0.491 e. The molecule has 0 fully saturated rings. The fourth-order valence-electron chi connectivity index (χ4n) is 0.838. The zero-order valence-electron chi connectivity index (χ0n) is 8.40. The highest BCUT2D eigenvalue weighted by Gasteiger charge is 2.10. The second-order valence-electron chi connectivity index (χ2n) is 2.12. The summed E-state index contributed by atoms with van der Waals surface area (Å²) in [5.74, 6) is 2.97. The molecule has 3 nitrogen and oxygen atoms in total. The number of nitrogen functional groups attached to an aromatic ring is 1. The summed E-state index contributed by atoms with van der Waals surface area (Å²) >= 11 is 0. The highest BCUT2D eigenvalue weighted by molar-refractivity contribution is 5.47. The maximum absolute atomic E-state index is 12.8. The number of anilines is 1. The summed E-state index contributed by atoms with van der Waals surface area (Å²) in [6.45, 7) is 4.00. The van der Waals surface area contributed by atoms with Gasteiger partial charge in [0, 0.05) is 12.1 Å². The molecule has 80 valence electrons. The second-order valence-corrected chi connectivity index (χ2v) is 2.12. The lowest BCUT2D eigenvalue weighted by atomic mass is 10.3. The fraction of sp³-hybridized carbons (Fsp3) is 0.333. The topological polar surface area (TPSA) is 47.3 Å². The minimum Gasteiger partial charge on any atom is -0.491 e. The lowest BCUT2D eigenvalue weighted by molar-refractivity contribution is 0.360. The lowest BCUT2D eigenvalue weighted by Gasteiger charge is -2.05. The van der Waals surface area contributed by atoms with Crippen molar-refractivity contribution in [1.82, 2.24) is 0 Å². The van der Waals surface area contributed by atoms with E-state index in [1.165, 1.54) is 7.11 Å². The number of hydrogen-bond donors (Lipinski definition) is 2. The average molecular weight is 204 g/mol. The molecule has 0 aliphatic carbocycles. The van der Waals surface area contributed by atoms with Gasteiger partial charge in [-0.3, -0.25) is 5.84 Å². The van der Waals surface area contributed by atoms with E-state index in [4.69, 9.17) is 5.84 Å². The van der Waals surface area contributed by atoms with Crippen molar-refractivity contribution in [3.63, 3.8) is 0 Å². The number of nitrogens with two attached hydrogens (primary N) is 1. The normalized spacial score (nSPS) is 8.71. The molecule has 0 bridgehead atoms. The summed E-state index contributed by atoms with van der Waals surface area (Å²) in [6.07, 6.45) is 0. The van der Waals surface area contributed by atoms with E-state index in [0.29, 0.717) is 0 Å². The van der Waals surface area contributed by atoms with Crippen LogP contribution in [0.5, 0.6) is 5.75 Å². The molecule has 0 spiro atoms. The van der Waals surface area contributed by atoms with Crippen LogP contribution in [0.2, 0.25) is 0 Å². The Kier molecular flexibility index (Phi) is 5.55. The van der Waals surface area contributed by atoms with Gasteiger partial charge in [-0.1, -0.05) is 13.8 Å². The van der Waals surface area contributed by atoms with Crippen molar-refractivity contribution in [2.75, 3.05) is 12.5 Å². The van der Waals surface area contributed by atoms with Crippen LogP contribution in [0.3, 0.4) is 0 Å². The molecule has 0 radical (unpaired) electrons. The zero-order chi connectivity index (χ0) is 11.1. The van der Waals surface area contributed by atoms with Crippen molar-refractivity contribution in [3.05, 3.63) is 23.8 Å². The molecule has 0 saturated carbocycles. The smallest absolute Gasteiger partial charge is 0.190 e. The van der Waals surface area contributed by atoms with Crippen molar-refractivity contribution in [2.24, 2.45) is 5.84 Å². The fourth-order valence-corrected chi connectivity index (χ4v) is 0.838. The van der Waals surface area contributed by atoms with Gasteiger partial charge in [-0.25, -0.2) is 8.78 Å². The predicted molar refractivity (Wildman–Crippen MR) is 52.1 cm³/mol. The molecule has 0 atom stereocenters. The summed E-state index contributed by atoms with van der Waals surface area (Å²) < 4.78 is 30.1. The predicted octanol–water partition coefficient (Wildman–Crippen LogP) is 2.29. The summed E-state index contributed by atoms with van der Waals surface area (Å²) in [7, 11) is 1.19. The van der Waals surface area contributed by atoms with Gasteiger partial charge in [0.05, 0.1) is 12.8 Å². The van der Waals surface area contributed by atoms with Crippen molar-refractivity contribution < 1.29 is 13.5 Å². The Morgan fingerprint density at radius 2 is 1.64 bits per heavy atom. The molecule has 1 aromatic carbocycles. The molecular weight excluding hydrogens is 190 g/mol. The van der Waals surface area contributed by atoms with Crippen LogP contribution < -0.4 is 16.0 Å². The van der Waals surface area contributed by atoms with Crippen LogP contribution in [0.25, 0.3) is 0 Å². The summed E-state index contributed by atoms with van der Waals surface area (Å²) in [5.41, 5.74) is 2.28. The van der Waals surface area contributed by atoms with Gasteiger partial charge in [-0.05, 0) is 0 Å². The number of rotatable bonds is 2. The molecule has 14 heavy (non-hydrogen) atoms. The summed E-state index contributed by atoms with van der Waals surface area (Å²) in [5, 5.41) is 0. The first-order chi connectivity index (χ1) is 6.69. The minimum absolute atomic E-state index is 0.158. The molecule has 0 heterocycles. The van der Waals surface area contributed by atoms with Gasteiger partial charge in [0.1, 0.15) is 0 Å². The number of benzene rings is 1. The summed E-state index contributed by atoms with van der Waals surface area (Å²) in [6, 6.07) is 2.09. The summed E-state index contributed by atoms with van der Waals surface area (Å²) in [4.78, 5) is 0. The minimum atomic E-state index is -0.787. The Balaban J connectivity index is 0.000000791. The third-order valence-electron chi connectivity index (χ3n) is 1.37. The van der Waals surface area contributed by atoms with Crippen LogP contribution in [0, 0.1) is 11.6 Å². The Hall–Kier alpha value is -1.36. The van der Waals surface area contributed by atoms with Gasteiger partial charge in [-0.15, -0.1) is 0 Å². The van der Waals surface area contributed by atoms with Crippen molar-refractivity contribution in [2.45, 2.75) is 13.8 Å². The Morgan fingerprint density at radius 3 is 1.93 bits per heavy atom. The number of halogens is 2. The van der Waals surface area contributed by atoms with Gasteiger partial charge in [-0.2, -0.15) is 0 Å². The van der Waals surface area contributed by atoms with Crippen LogP contribution in [0.4, 0.5) is 14.5 Å². The van der Waals surface area contributed by atoms with Gasteiger partial charge < -0.3 is 10.2 Å². The molecule has 0 saturated heterocycles. The van der Waals surface area contributed by atoms with Gasteiger partial charge in [0.2, 0.25) is 0 Å². The molecule has 0 aliphatic heterocycles. The van der Waals surface area contributed by atoms with E-state index in [2.05, 4.69) is 10.2 Å². The highest BCUT2D eigenvalue weighted by atomic mass is 19.1. The van der Waals surface area contributed by atoms with Crippen molar-refractivity contribution in [1.29, 1.82) is 0 Å². The van der Waals surface area contributed by atoms with E-state index < -0.39 is 17.4 Å². The Labute approximate surface area is 81.8 Å². The Morgan fingerprint density at radius 1 is 1.21 bits per heavy atom. The van der Waals surface area contributed by atoms with Crippen LogP contribution in [-0.2, 0) is 0 Å². The van der Waals surface area contributed by atoms with Crippen LogP contribution >= 0.6 is 0 Å². The molecule has 0 aromatic heterocycles. The van der Waals surface area contributed by atoms with Crippen molar-refractivity contribution in [3.8, 4) is 5.75 Å². The third kappa shape index (κ3) is 2.85. The average Bonchev–Trinajstić information content (AvgIpc) is 2.20. The van der Waals surface area contributed by atoms with Crippen LogP contribution in [0.1, 0.15) is 13.8 Å². The monoisotopic (exact) mass is 204 g/mol. The number of nitrogens with one attached hydrogen (secondary N) is 1. The number of hydrazine groups is 1. The van der Waals surface area contributed by atoms with E-state index in [0.717, 1.165) is 12.1 Å². The van der Waals surface area contributed by atoms with Gasteiger partial charge >= 0.3 is 0 Å². The number of hydrogen-bond acceptors (Lipinski definition) is 3. The quantitative estimate of drug-likeness (QED) is 0.574. The second kappa shape index (κ2) is 6.15. The molecule has 0 amide bonds. The van der Waals surface area contributed by atoms with E-state index in [1.807, 2.05) is 13.8 Å². The third-order valence-corrected chi connectivity index (χ3v) is 1.37. The molecule has 0 unspecified atom stereocenters. The molecule has 0 aliphatic rings. The van der Waals surface area contributed by atoms with Gasteiger partial charge in [0.15, 0.2) is 17.4 Å². The SMILES string of the molecule is CC.COc1c(F)cc(NN)cc1F.